The van der Waals surface area contributed by atoms with Gasteiger partial charge in [-0.1, -0.05) is 67.7 Å². The van der Waals surface area contributed by atoms with E-state index in [2.05, 4.69) is 0 Å². The van der Waals surface area contributed by atoms with Crippen molar-refractivity contribution in [1.82, 2.24) is 0 Å². The van der Waals surface area contributed by atoms with Crippen LogP contribution in [0, 0.1) is 10.8 Å². The zero-order chi connectivity index (χ0) is 23.1. The maximum absolute atomic E-state index is 12.4. The molecule has 0 saturated carbocycles. The van der Waals surface area contributed by atoms with Gasteiger partial charge in [-0.3, -0.25) is 0 Å². The van der Waals surface area contributed by atoms with Crippen LogP contribution in [0.2, 0.25) is 0 Å². The fourth-order valence-electron chi connectivity index (χ4n) is 4.23. The second-order valence-corrected chi connectivity index (χ2v) is 12.6. The zero-order valence-corrected chi connectivity index (χ0v) is 21.0. The number of rotatable bonds is 15. The fraction of sp³-hybridized carbons (Fsp3) is 1.00. The Morgan fingerprint density at radius 1 is 0.793 bits per heavy atom. The van der Waals surface area contributed by atoms with Crippen LogP contribution < -0.4 is 10.3 Å². The molecular formula is C20H44N2O5S2. The Balaban J connectivity index is 6.11. The van der Waals surface area contributed by atoms with E-state index in [1.807, 2.05) is 48.5 Å². The topological polar surface area (TPSA) is 130 Å². The van der Waals surface area contributed by atoms with Gasteiger partial charge in [0, 0.05) is 10.8 Å². The van der Waals surface area contributed by atoms with Crippen LogP contribution in [-0.4, -0.2) is 40.0 Å². The Bertz CT molecular complexity index is 692. The summed E-state index contributed by atoms with van der Waals surface area (Å²) in [6.07, 6.45) is 3.98. The number of sulfonamides is 2. The van der Waals surface area contributed by atoms with Crippen molar-refractivity contribution in [2.45, 2.75) is 111 Å². The molecule has 0 bridgehead atoms. The summed E-state index contributed by atoms with van der Waals surface area (Å²) in [5.74, 6) is -0.173. The monoisotopic (exact) mass is 456 g/mol. The molecule has 0 aliphatic heterocycles. The average Bonchev–Trinajstić information content (AvgIpc) is 2.55. The minimum Gasteiger partial charge on any atom is -0.374 e. The molecule has 0 radical (unpaired) electrons. The Morgan fingerprint density at radius 3 is 1.59 bits per heavy atom. The van der Waals surface area contributed by atoms with E-state index in [9.17, 15) is 16.8 Å². The first-order valence-corrected chi connectivity index (χ1v) is 14.1. The second kappa shape index (κ2) is 11.4. The van der Waals surface area contributed by atoms with Crippen LogP contribution in [0.3, 0.4) is 0 Å². The quantitative estimate of drug-likeness (QED) is 0.389. The lowest BCUT2D eigenvalue weighted by atomic mass is 9.77. The van der Waals surface area contributed by atoms with Crippen molar-refractivity contribution in [2.24, 2.45) is 21.1 Å². The normalized spacial score (nSPS) is 18.8. The van der Waals surface area contributed by atoms with Crippen molar-refractivity contribution in [2.75, 3.05) is 5.75 Å². The summed E-state index contributed by atoms with van der Waals surface area (Å²) in [6.45, 7) is 13.6. The number of hydrogen-bond acceptors (Lipinski definition) is 5. The molecule has 0 saturated heterocycles. The first-order chi connectivity index (χ1) is 13.1. The van der Waals surface area contributed by atoms with Gasteiger partial charge in [-0.15, -0.1) is 0 Å². The molecule has 0 aromatic carbocycles. The summed E-state index contributed by atoms with van der Waals surface area (Å²) in [5, 5.41) is 10.2. The second-order valence-electron chi connectivity index (χ2n) is 9.19. The van der Waals surface area contributed by atoms with Gasteiger partial charge in [0.2, 0.25) is 20.0 Å². The highest BCUT2D eigenvalue weighted by atomic mass is 32.2. The van der Waals surface area contributed by atoms with Crippen LogP contribution >= 0.6 is 0 Å². The van der Waals surface area contributed by atoms with Gasteiger partial charge in [0.15, 0.2) is 0 Å². The number of ether oxygens (including phenoxy) is 1. The van der Waals surface area contributed by atoms with Crippen molar-refractivity contribution < 1.29 is 21.6 Å². The Hall–Kier alpha value is -0.220. The molecule has 4 unspecified atom stereocenters. The SMILES string of the molecule is CCCC(OC(CCC)C(C)(C)C(CCC)S(N)(=O)=O)C(C)(CC)CS(N)(=O)=O. The van der Waals surface area contributed by atoms with Gasteiger partial charge >= 0.3 is 0 Å². The van der Waals surface area contributed by atoms with Crippen molar-refractivity contribution in [1.29, 1.82) is 0 Å². The van der Waals surface area contributed by atoms with Crippen LogP contribution in [0.1, 0.15) is 93.4 Å². The van der Waals surface area contributed by atoms with Crippen molar-refractivity contribution in [3.8, 4) is 0 Å². The lowest BCUT2D eigenvalue weighted by molar-refractivity contribution is -0.122. The molecule has 176 valence electrons. The van der Waals surface area contributed by atoms with Gasteiger partial charge in [0.1, 0.15) is 0 Å². The minimum atomic E-state index is -3.76. The van der Waals surface area contributed by atoms with Gasteiger partial charge in [0.25, 0.3) is 0 Å². The molecule has 0 spiro atoms. The zero-order valence-electron chi connectivity index (χ0n) is 19.4. The maximum atomic E-state index is 12.4. The fourth-order valence-corrected chi connectivity index (χ4v) is 7.10. The van der Waals surface area contributed by atoms with E-state index in [0.29, 0.717) is 32.1 Å². The predicted octanol–water partition coefficient (Wildman–Crippen LogP) is 3.53. The Kier molecular flexibility index (Phi) is 11.3. The van der Waals surface area contributed by atoms with E-state index in [4.69, 9.17) is 15.0 Å². The Labute approximate surface area is 179 Å². The summed E-state index contributed by atoms with van der Waals surface area (Å²) >= 11 is 0. The van der Waals surface area contributed by atoms with Crippen LogP contribution in [0.15, 0.2) is 0 Å². The van der Waals surface area contributed by atoms with Gasteiger partial charge in [0.05, 0.1) is 23.2 Å². The molecule has 4 N–H and O–H groups in total. The third-order valence-electron chi connectivity index (χ3n) is 6.15. The highest BCUT2D eigenvalue weighted by molar-refractivity contribution is 7.89. The molecule has 0 amide bonds. The number of primary sulfonamides is 2. The van der Waals surface area contributed by atoms with Crippen LogP contribution in [-0.2, 0) is 24.8 Å². The average molecular weight is 457 g/mol. The third-order valence-corrected chi connectivity index (χ3v) is 8.85. The first kappa shape index (κ1) is 28.8. The summed E-state index contributed by atoms with van der Waals surface area (Å²) < 4.78 is 55.0. The molecule has 4 atom stereocenters. The highest BCUT2D eigenvalue weighted by Gasteiger charge is 2.46. The molecule has 0 aromatic rings. The highest BCUT2D eigenvalue weighted by Crippen LogP contribution is 2.41. The lowest BCUT2D eigenvalue weighted by Gasteiger charge is -2.45. The summed E-state index contributed by atoms with van der Waals surface area (Å²) in [5.41, 5.74) is -1.38. The standard InChI is InChI=1S/C20H44N2O5S2/c1-8-12-16(19(5,6)18(14-10-3)29(22,25)26)27-17(13-9-2)20(7,11-4)15-28(21,23)24/h16-18H,8-15H2,1-7H3,(H2,21,23,24)(H2,22,25,26). The van der Waals surface area contributed by atoms with Gasteiger partial charge in [-0.25, -0.2) is 27.1 Å². The minimum absolute atomic E-state index is 0.173. The van der Waals surface area contributed by atoms with Gasteiger partial charge in [-0.2, -0.15) is 0 Å². The van der Waals surface area contributed by atoms with E-state index < -0.39 is 36.1 Å². The lowest BCUT2D eigenvalue weighted by Crippen LogP contribution is -2.51. The van der Waals surface area contributed by atoms with Crippen LogP contribution in [0.5, 0.6) is 0 Å². The van der Waals surface area contributed by atoms with Gasteiger partial charge in [-0.05, 0) is 25.7 Å². The van der Waals surface area contributed by atoms with E-state index >= 15 is 0 Å². The van der Waals surface area contributed by atoms with Gasteiger partial charge < -0.3 is 4.74 Å². The molecular weight excluding hydrogens is 412 g/mol. The van der Waals surface area contributed by atoms with Crippen molar-refractivity contribution in [3.63, 3.8) is 0 Å². The van der Waals surface area contributed by atoms with Crippen molar-refractivity contribution in [3.05, 3.63) is 0 Å². The summed E-state index contributed by atoms with van der Waals surface area (Å²) in [6, 6.07) is 0. The predicted molar refractivity (Wildman–Crippen MR) is 120 cm³/mol. The number of hydrogen-bond donors (Lipinski definition) is 2. The smallest absolute Gasteiger partial charge is 0.212 e. The van der Waals surface area contributed by atoms with E-state index in [0.717, 1.165) is 12.8 Å². The molecule has 29 heavy (non-hydrogen) atoms. The molecule has 0 fully saturated rings. The maximum Gasteiger partial charge on any atom is 0.212 e. The molecule has 0 aromatic heterocycles. The molecule has 0 heterocycles. The summed E-state index contributed by atoms with van der Waals surface area (Å²) in [4.78, 5) is 0. The molecule has 0 rings (SSSR count). The number of nitrogens with two attached hydrogens (primary N) is 2. The first-order valence-electron chi connectivity index (χ1n) is 10.8. The molecule has 0 aliphatic rings. The van der Waals surface area contributed by atoms with Crippen molar-refractivity contribution >= 4 is 20.0 Å². The molecule has 7 nitrogen and oxygen atoms in total. The Morgan fingerprint density at radius 2 is 1.24 bits per heavy atom. The van der Waals surface area contributed by atoms with E-state index in [1.54, 1.807) is 0 Å². The largest absolute Gasteiger partial charge is 0.374 e. The molecule has 9 heteroatoms. The van der Waals surface area contributed by atoms with Crippen LogP contribution in [0.25, 0.3) is 0 Å². The summed E-state index contributed by atoms with van der Waals surface area (Å²) in [7, 11) is -7.45. The van der Waals surface area contributed by atoms with Crippen LogP contribution in [0.4, 0.5) is 0 Å². The van der Waals surface area contributed by atoms with E-state index in [-0.39, 0.29) is 18.0 Å². The van der Waals surface area contributed by atoms with E-state index in [1.165, 1.54) is 0 Å². The third kappa shape index (κ3) is 8.81. The molecule has 0 aliphatic carbocycles.